The molecule has 2 heterocycles. The predicted octanol–water partition coefficient (Wildman–Crippen LogP) is -0.0207. The van der Waals surface area contributed by atoms with E-state index in [1.165, 1.54) is 29.7 Å². The van der Waals surface area contributed by atoms with Crippen molar-refractivity contribution in [3.63, 3.8) is 0 Å². The Morgan fingerprint density at radius 3 is 2.94 bits per heavy atom. The standard InChI is InChI=1S/C9H14N4O3S2/c1-6(14)5-12(2)18(15,16)8-7(10)11-9-13(8)3-4-17-9/h3-4,6,14H,5,10H2,1-2H3. The number of nitrogens with zero attached hydrogens (tertiary/aromatic N) is 3. The quantitative estimate of drug-likeness (QED) is 0.824. The van der Waals surface area contributed by atoms with Gasteiger partial charge in [0.25, 0.3) is 10.0 Å². The Morgan fingerprint density at radius 1 is 1.67 bits per heavy atom. The first kappa shape index (κ1) is 13.3. The molecule has 0 radical (unpaired) electrons. The number of thiazole rings is 1. The van der Waals surface area contributed by atoms with Gasteiger partial charge in [-0.05, 0) is 6.92 Å². The van der Waals surface area contributed by atoms with Gasteiger partial charge in [-0.3, -0.25) is 4.40 Å². The van der Waals surface area contributed by atoms with Crippen LogP contribution in [0.15, 0.2) is 16.6 Å². The van der Waals surface area contributed by atoms with E-state index in [1.807, 2.05) is 0 Å². The van der Waals surface area contributed by atoms with Gasteiger partial charge in [-0.1, -0.05) is 0 Å². The lowest BCUT2D eigenvalue weighted by atomic mass is 10.4. The molecule has 100 valence electrons. The minimum atomic E-state index is -3.76. The average molecular weight is 290 g/mol. The van der Waals surface area contributed by atoms with Crippen molar-refractivity contribution in [2.75, 3.05) is 19.3 Å². The second-order valence-electron chi connectivity index (χ2n) is 3.99. The van der Waals surface area contributed by atoms with E-state index in [2.05, 4.69) is 4.98 Å². The topological polar surface area (TPSA) is 101 Å². The average Bonchev–Trinajstić information content (AvgIpc) is 2.74. The molecule has 1 unspecified atom stereocenters. The Hall–Kier alpha value is -1.16. The second-order valence-corrected chi connectivity index (χ2v) is 6.83. The Balaban J connectivity index is 2.52. The maximum atomic E-state index is 12.3. The summed E-state index contributed by atoms with van der Waals surface area (Å²) in [4.78, 5) is 4.52. The molecule has 0 aliphatic carbocycles. The van der Waals surface area contributed by atoms with E-state index in [0.717, 1.165) is 4.31 Å². The van der Waals surface area contributed by atoms with Gasteiger partial charge in [-0.15, -0.1) is 11.3 Å². The van der Waals surface area contributed by atoms with Crippen LogP contribution in [0.2, 0.25) is 0 Å². The van der Waals surface area contributed by atoms with Crippen LogP contribution in [-0.2, 0) is 10.0 Å². The number of hydrogen-bond donors (Lipinski definition) is 2. The van der Waals surface area contributed by atoms with Crippen LogP contribution in [0.5, 0.6) is 0 Å². The second kappa shape index (κ2) is 4.50. The summed E-state index contributed by atoms with van der Waals surface area (Å²) in [6.45, 7) is 1.52. The number of fused-ring (bicyclic) bond motifs is 1. The lowest BCUT2D eigenvalue weighted by Gasteiger charge is -2.18. The maximum absolute atomic E-state index is 12.3. The molecular weight excluding hydrogens is 276 g/mol. The number of aliphatic hydroxyl groups is 1. The number of likely N-dealkylation sites (N-methyl/N-ethyl adjacent to an activating group) is 1. The van der Waals surface area contributed by atoms with Crippen molar-refractivity contribution in [3.05, 3.63) is 11.6 Å². The molecule has 2 rings (SSSR count). The molecule has 0 aliphatic rings. The zero-order valence-electron chi connectivity index (χ0n) is 9.94. The molecule has 1 atom stereocenters. The number of nitrogen functional groups attached to an aromatic ring is 1. The Labute approximate surface area is 109 Å². The van der Waals surface area contributed by atoms with Crippen molar-refractivity contribution in [1.82, 2.24) is 13.7 Å². The van der Waals surface area contributed by atoms with Gasteiger partial charge in [0, 0.05) is 25.2 Å². The summed E-state index contributed by atoms with van der Waals surface area (Å²) in [7, 11) is -2.37. The fraction of sp³-hybridized carbons (Fsp3) is 0.444. The van der Waals surface area contributed by atoms with Crippen molar-refractivity contribution >= 4 is 32.1 Å². The molecular formula is C9H14N4O3S2. The molecule has 0 saturated carbocycles. The van der Waals surface area contributed by atoms with E-state index >= 15 is 0 Å². The van der Waals surface area contributed by atoms with Gasteiger partial charge < -0.3 is 10.8 Å². The molecule has 2 aromatic rings. The Bertz CT molecular complexity index is 658. The van der Waals surface area contributed by atoms with Gasteiger partial charge in [0.05, 0.1) is 6.10 Å². The van der Waals surface area contributed by atoms with E-state index < -0.39 is 16.1 Å². The minimum Gasteiger partial charge on any atom is -0.392 e. The number of sulfonamides is 1. The summed E-state index contributed by atoms with van der Waals surface area (Å²) in [5.74, 6) is -0.0284. The molecule has 0 saturated heterocycles. The Morgan fingerprint density at radius 2 is 2.33 bits per heavy atom. The zero-order chi connectivity index (χ0) is 13.5. The molecule has 7 nitrogen and oxygen atoms in total. The van der Waals surface area contributed by atoms with Crippen LogP contribution in [0.4, 0.5) is 5.82 Å². The van der Waals surface area contributed by atoms with E-state index in [4.69, 9.17) is 5.73 Å². The molecule has 0 fully saturated rings. The summed E-state index contributed by atoms with van der Waals surface area (Å²) in [6, 6.07) is 0. The summed E-state index contributed by atoms with van der Waals surface area (Å²) in [5.41, 5.74) is 5.66. The Kier molecular flexibility index (Phi) is 3.32. The van der Waals surface area contributed by atoms with Gasteiger partial charge in [0.1, 0.15) is 0 Å². The van der Waals surface area contributed by atoms with E-state index in [1.54, 1.807) is 11.6 Å². The van der Waals surface area contributed by atoms with E-state index in [9.17, 15) is 13.5 Å². The van der Waals surface area contributed by atoms with Crippen LogP contribution in [-0.4, -0.2) is 46.9 Å². The lowest BCUT2D eigenvalue weighted by molar-refractivity contribution is 0.171. The van der Waals surface area contributed by atoms with Crippen molar-refractivity contribution in [3.8, 4) is 0 Å². The van der Waals surface area contributed by atoms with Gasteiger partial charge in [-0.2, -0.15) is 4.31 Å². The minimum absolute atomic E-state index is 0.000849. The van der Waals surface area contributed by atoms with Crippen LogP contribution in [0.25, 0.3) is 4.96 Å². The van der Waals surface area contributed by atoms with Crippen molar-refractivity contribution in [2.24, 2.45) is 0 Å². The molecule has 2 aromatic heterocycles. The van der Waals surface area contributed by atoms with Gasteiger partial charge in [-0.25, -0.2) is 13.4 Å². The number of hydrogen-bond acceptors (Lipinski definition) is 6. The molecule has 0 bridgehead atoms. The largest absolute Gasteiger partial charge is 0.392 e. The van der Waals surface area contributed by atoms with Crippen molar-refractivity contribution < 1.29 is 13.5 Å². The highest BCUT2D eigenvalue weighted by molar-refractivity contribution is 7.89. The van der Waals surface area contributed by atoms with Crippen molar-refractivity contribution in [2.45, 2.75) is 18.1 Å². The fourth-order valence-electron chi connectivity index (χ4n) is 1.66. The first-order chi connectivity index (χ1) is 8.34. The first-order valence-electron chi connectivity index (χ1n) is 5.19. The molecule has 0 amide bonds. The van der Waals surface area contributed by atoms with Crippen LogP contribution >= 0.6 is 11.3 Å². The van der Waals surface area contributed by atoms with Crippen LogP contribution in [0.1, 0.15) is 6.92 Å². The molecule has 9 heteroatoms. The fourth-order valence-corrected chi connectivity index (χ4v) is 3.85. The van der Waals surface area contributed by atoms with E-state index in [-0.39, 0.29) is 17.4 Å². The van der Waals surface area contributed by atoms with Crippen LogP contribution in [0, 0.1) is 0 Å². The van der Waals surface area contributed by atoms with Gasteiger partial charge >= 0.3 is 0 Å². The number of aliphatic hydroxyl groups excluding tert-OH is 1. The molecule has 0 aromatic carbocycles. The number of imidazole rings is 1. The number of aromatic nitrogens is 2. The number of anilines is 1. The zero-order valence-corrected chi connectivity index (χ0v) is 11.6. The van der Waals surface area contributed by atoms with Crippen LogP contribution in [0.3, 0.4) is 0 Å². The number of rotatable bonds is 4. The summed E-state index contributed by atoms with van der Waals surface area (Å²) in [5, 5.41) is 10.9. The SMILES string of the molecule is CC(O)CN(C)S(=O)(=O)c1c(N)nc2sccn12. The molecule has 0 aliphatic heterocycles. The monoisotopic (exact) mass is 290 g/mol. The highest BCUT2D eigenvalue weighted by Gasteiger charge is 2.29. The van der Waals surface area contributed by atoms with E-state index in [0.29, 0.717) is 4.96 Å². The van der Waals surface area contributed by atoms with Crippen LogP contribution < -0.4 is 5.73 Å². The highest BCUT2D eigenvalue weighted by atomic mass is 32.2. The lowest BCUT2D eigenvalue weighted by Crippen LogP contribution is -2.34. The molecule has 18 heavy (non-hydrogen) atoms. The highest BCUT2D eigenvalue weighted by Crippen LogP contribution is 2.25. The van der Waals surface area contributed by atoms with Crippen molar-refractivity contribution in [1.29, 1.82) is 0 Å². The third kappa shape index (κ3) is 2.09. The smallest absolute Gasteiger partial charge is 0.262 e. The third-order valence-corrected chi connectivity index (χ3v) is 5.04. The maximum Gasteiger partial charge on any atom is 0.262 e. The van der Waals surface area contributed by atoms with Gasteiger partial charge in [0.2, 0.25) is 0 Å². The normalized spacial score (nSPS) is 14.4. The number of nitrogens with two attached hydrogens (primary N) is 1. The summed E-state index contributed by atoms with van der Waals surface area (Å²) >= 11 is 1.30. The first-order valence-corrected chi connectivity index (χ1v) is 7.51. The van der Waals surface area contributed by atoms with Gasteiger partial charge in [0.15, 0.2) is 15.8 Å². The molecule has 3 N–H and O–H groups in total. The predicted molar refractivity (Wildman–Crippen MR) is 69.0 cm³/mol. The summed E-state index contributed by atoms with van der Waals surface area (Å²) < 4.78 is 27.2. The third-order valence-electron chi connectivity index (χ3n) is 2.42. The molecule has 0 spiro atoms. The summed E-state index contributed by atoms with van der Waals surface area (Å²) in [6.07, 6.45) is 0.851.